The first-order valence-electron chi connectivity index (χ1n) is 8.44. The van der Waals surface area contributed by atoms with Gasteiger partial charge in [0.25, 0.3) is 0 Å². The van der Waals surface area contributed by atoms with E-state index in [1.165, 1.54) is 41.3 Å². The molecule has 0 unspecified atom stereocenters. The summed E-state index contributed by atoms with van der Waals surface area (Å²) in [7, 11) is 0. The summed E-state index contributed by atoms with van der Waals surface area (Å²) in [6.45, 7) is 0. The van der Waals surface area contributed by atoms with Gasteiger partial charge in [-0.2, -0.15) is 0 Å². The minimum absolute atomic E-state index is 0.104. The largest absolute Gasteiger partial charge is 0.325 e. The van der Waals surface area contributed by atoms with Crippen molar-refractivity contribution in [3.8, 4) is 0 Å². The molecule has 0 fully saturated rings. The van der Waals surface area contributed by atoms with Crippen LogP contribution in [0.4, 0.5) is 15.2 Å². The Labute approximate surface area is 169 Å². The number of aromatic nitrogens is 2. The van der Waals surface area contributed by atoms with E-state index < -0.39 is 5.82 Å². The normalized spacial score (nSPS) is 10.5. The lowest BCUT2D eigenvalue weighted by Crippen LogP contribution is -2.13. The molecule has 9 heteroatoms. The topological polar surface area (TPSA) is 84.0 Å². The number of carbonyl (C=O) groups excluding carboxylic acids is 2. The summed E-state index contributed by atoms with van der Waals surface area (Å²) in [5, 5.41) is 13.6. The van der Waals surface area contributed by atoms with Gasteiger partial charge in [-0.25, -0.2) is 4.39 Å². The van der Waals surface area contributed by atoms with Gasteiger partial charge < -0.3 is 10.6 Å². The van der Waals surface area contributed by atoms with E-state index in [2.05, 4.69) is 20.8 Å². The Balaban J connectivity index is 1.42. The number of rotatable bonds is 8. The highest BCUT2D eigenvalue weighted by Gasteiger charge is 2.11. The van der Waals surface area contributed by atoms with Gasteiger partial charge in [0.15, 0.2) is 4.34 Å². The van der Waals surface area contributed by atoms with Crippen molar-refractivity contribution < 1.29 is 14.0 Å². The molecule has 0 aliphatic rings. The monoisotopic (exact) mass is 416 g/mol. The first-order valence-corrected chi connectivity index (χ1v) is 10.2. The number of hydrogen-bond donors (Lipinski definition) is 2. The summed E-state index contributed by atoms with van der Waals surface area (Å²) in [6, 6.07) is 15.4. The number of benzene rings is 2. The van der Waals surface area contributed by atoms with Crippen molar-refractivity contribution in [1.82, 2.24) is 10.2 Å². The van der Waals surface area contributed by atoms with Crippen LogP contribution in [0.25, 0.3) is 0 Å². The molecule has 2 amide bonds. The van der Waals surface area contributed by atoms with Crippen molar-refractivity contribution in [1.29, 1.82) is 0 Å². The van der Waals surface area contributed by atoms with Gasteiger partial charge in [-0.3, -0.25) is 9.59 Å². The van der Waals surface area contributed by atoms with Crippen LogP contribution in [0, 0.1) is 5.82 Å². The lowest BCUT2D eigenvalue weighted by molar-refractivity contribution is -0.116. The fourth-order valence-corrected chi connectivity index (χ4v) is 3.86. The van der Waals surface area contributed by atoms with E-state index in [9.17, 15) is 14.0 Å². The molecule has 0 spiro atoms. The van der Waals surface area contributed by atoms with E-state index in [4.69, 9.17) is 0 Å². The zero-order valence-electron chi connectivity index (χ0n) is 14.7. The van der Waals surface area contributed by atoms with Crippen LogP contribution in [0.2, 0.25) is 0 Å². The maximum Gasteiger partial charge on any atom is 0.234 e. The van der Waals surface area contributed by atoms with Crippen LogP contribution in [0.15, 0.2) is 58.9 Å². The molecule has 2 N–H and O–H groups in total. The molecular formula is C19H17FN4O2S2. The number of thioether (sulfide) groups is 1. The number of hydrogen-bond acceptors (Lipinski definition) is 6. The highest BCUT2D eigenvalue weighted by molar-refractivity contribution is 8.01. The first kappa shape index (κ1) is 20.0. The number of nitrogens with zero attached hydrogens (tertiary/aromatic N) is 2. The van der Waals surface area contributed by atoms with Crippen LogP contribution in [-0.2, 0) is 16.0 Å². The molecule has 3 rings (SSSR count). The second-order valence-corrected chi connectivity index (χ2v) is 7.95. The van der Waals surface area contributed by atoms with Crippen molar-refractivity contribution in [2.45, 2.75) is 17.2 Å². The molecule has 0 saturated heterocycles. The number of carbonyl (C=O) groups is 2. The van der Waals surface area contributed by atoms with Gasteiger partial charge in [-0.1, -0.05) is 59.5 Å². The van der Waals surface area contributed by atoms with Crippen LogP contribution in [0.5, 0.6) is 0 Å². The molecule has 3 aromatic rings. The molecule has 0 atom stereocenters. The third-order valence-electron chi connectivity index (χ3n) is 3.57. The van der Waals surface area contributed by atoms with Crippen molar-refractivity contribution in [3.05, 3.63) is 66.0 Å². The van der Waals surface area contributed by atoms with Gasteiger partial charge >= 0.3 is 0 Å². The van der Waals surface area contributed by atoms with Gasteiger partial charge in [0.2, 0.25) is 16.9 Å². The smallest absolute Gasteiger partial charge is 0.234 e. The standard InChI is InChI=1S/C19H17FN4O2S2/c20-14-7-4-8-15(11-14)21-17(26)12-27-19-24-23-18(28-19)22-16(25)10-9-13-5-2-1-3-6-13/h1-8,11H,9-10,12H2,(H,21,26)(H,22,23,25). The molecule has 144 valence electrons. The Kier molecular flexibility index (Phi) is 7.10. The quantitative estimate of drug-likeness (QED) is 0.429. The highest BCUT2D eigenvalue weighted by Crippen LogP contribution is 2.25. The minimum atomic E-state index is -0.415. The van der Waals surface area contributed by atoms with Crippen molar-refractivity contribution in [2.24, 2.45) is 0 Å². The molecule has 1 aromatic heterocycles. The molecule has 2 aromatic carbocycles. The number of nitrogens with one attached hydrogen (secondary N) is 2. The van der Waals surface area contributed by atoms with Crippen LogP contribution in [-0.4, -0.2) is 27.8 Å². The minimum Gasteiger partial charge on any atom is -0.325 e. The zero-order valence-corrected chi connectivity index (χ0v) is 16.4. The summed E-state index contributed by atoms with van der Waals surface area (Å²) in [4.78, 5) is 24.0. The number of aryl methyl sites for hydroxylation is 1. The summed E-state index contributed by atoms with van der Waals surface area (Å²) in [5.74, 6) is -0.727. The average molecular weight is 417 g/mol. The summed E-state index contributed by atoms with van der Waals surface area (Å²) < 4.78 is 13.7. The molecule has 0 bridgehead atoms. The fourth-order valence-electron chi connectivity index (χ4n) is 2.29. The van der Waals surface area contributed by atoms with Crippen LogP contribution < -0.4 is 10.6 Å². The van der Waals surface area contributed by atoms with E-state index >= 15 is 0 Å². The number of anilines is 2. The SMILES string of the molecule is O=C(CSc1nnc(NC(=O)CCc2ccccc2)s1)Nc1cccc(F)c1. The van der Waals surface area contributed by atoms with Crippen LogP contribution in [0.1, 0.15) is 12.0 Å². The van der Waals surface area contributed by atoms with Crippen molar-refractivity contribution in [3.63, 3.8) is 0 Å². The van der Waals surface area contributed by atoms with Gasteiger partial charge in [-0.05, 0) is 30.2 Å². The third-order valence-corrected chi connectivity index (χ3v) is 5.54. The van der Waals surface area contributed by atoms with Gasteiger partial charge in [-0.15, -0.1) is 10.2 Å². The summed E-state index contributed by atoms with van der Waals surface area (Å²) in [5.41, 5.74) is 1.49. The van der Waals surface area contributed by atoms with Crippen LogP contribution in [0.3, 0.4) is 0 Å². The summed E-state index contributed by atoms with van der Waals surface area (Å²) in [6.07, 6.45) is 0.995. The Morgan fingerprint density at radius 1 is 1.00 bits per heavy atom. The molecule has 1 heterocycles. The molecule has 0 aliphatic heterocycles. The Morgan fingerprint density at radius 3 is 2.61 bits per heavy atom. The molecule has 0 saturated carbocycles. The van der Waals surface area contributed by atoms with E-state index in [-0.39, 0.29) is 17.6 Å². The van der Waals surface area contributed by atoms with E-state index in [0.29, 0.717) is 28.0 Å². The average Bonchev–Trinajstić information content (AvgIpc) is 3.13. The summed E-state index contributed by atoms with van der Waals surface area (Å²) >= 11 is 2.40. The Morgan fingerprint density at radius 2 is 1.82 bits per heavy atom. The second-order valence-electron chi connectivity index (χ2n) is 5.75. The second kappa shape index (κ2) is 9.95. The van der Waals surface area contributed by atoms with E-state index in [1.54, 1.807) is 6.07 Å². The third kappa shape index (κ3) is 6.43. The highest BCUT2D eigenvalue weighted by atomic mass is 32.2. The Bertz CT molecular complexity index is 950. The van der Waals surface area contributed by atoms with E-state index in [1.807, 2.05) is 30.3 Å². The van der Waals surface area contributed by atoms with Gasteiger partial charge in [0.1, 0.15) is 5.82 Å². The molecule has 28 heavy (non-hydrogen) atoms. The van der Waals surface area contributed by atoms with Gasteiger partial charge in [0.05, 0.1) is 5.75 Å². The van der Waals surface area contributed by atoms with Crippen molar-refractivity contribution >= 4 is 45.7 Å². The molecule has 0 radical (unpaired) electrons. The van der Waals surface area contributed by atoms with Crippen LogP contribution >= 0.6 is 23.1 Å². The van der Waals surface area contributed by atoms with E-state index in [0.717, 1.165) is 5.56 Å². The number of halogens is 1. The lowest BCUT2D eigenvalue weighted by Gasteiger charge is -2.03. The predicted molar refractivity (Wildman–Crippen MR) is 109 cm³/mol. The van der Waals surface area contributed by atoms with Gasteiger partial charge in [0, 0.05) is 12.1 Å². The lowest BCUT2D eigenvalue weighted by atomic mass is 10.1. The maximum absolute atomic E-state index is 13.1. The molecule has 0 aliphatic carbocycles. The van der Waals surface area contributed by atoms with Crippen molar-refractivity contribution in [2.75, 3.05) is 16.4 Å². The maximum atomic E-state index is 13.1. The molecular weight excluding hydrogens is 399 g/mol. The zero-order chi connectivity index (χ0) is 19.8. The fraction of sp³-hybridized carbons (Fsp3) is 0.158. The first-order chi connectivity index (χ1) is 13.6. The predicted octanol–water partition coefficient (Wildman–Crippen LogP) is 3.98. The Hall–Kier alpha value is -2.78. The molecule has 6 nitrogen and oxygen atoms in total. The number of amides is 2.